The molecule has 6 heteroatoms. The van der Waals surface area contributed by atoms with E-state index in [0.29, 0.717) is 25.1 Å². The largest absolute Gasteiger partial charge is 0.362 e. The number of rotatable bonds is 4. The van der Waals surface area contributed by atoms with Gasteiger partial charge in [0.15, 0.2) is 5.13 Å². The molecule has 0 saturated heterocycles. The number of aromatic nitrogens is 1. The van der Waals surface area contributed by atoms with Gasteiger partial charge in [0.2, 0.25) is 5.91 Å². The molecule has 1 N–H and O–H groups in total. The zero-order valence-electron chi connectivity index (χ0n) is 11.7. The molecule has 0 aliphatic carbocycles. The number of nitrogens with one attached hydrogen (secondary N) is 1. The molecule has 0 atom stereocenters. The SMILES string of the molecule is CCNc1ncc(CN2C(=O)CCc3ccc(F)cc32)s1. The predicted molar refractivity (Wildman–Crippen MR) is 82.2 cm³/mol. The highest BCUT2D eigenvalue weighted by Crippen LogP contribution is 2.31. The second kappa shape index (κ2) is 5.81. The average molecular weight is 305 g/mol. The number of nitrogens with zero attached hydrogens (tertiary/aromatic N) is 2. The number of halogens is 1. The van der Waals surface area contributed by atoms with E-state index >= 15 is 0 Å². The summed E-state index contributed by atoms with van der Waals surface area (Å²) in [4.78, 5) is 19.1. The number of carbonyl (C=O) groups is 1. The molecule has 2 heterocycles. The Labute approximate surface area is 126 Å². The van der Waals surface area contributed by atoms with Crippen molar-refractivity contribution in [1.29, 1.82) is 0 Å². The summed E-state index contributed by atoms with van der Waals surface area (Å²) in [6, 6.07) is 4.66. The minimum absolute atomic E-state index is 0.0338. The van der Waals surface area contributed by atoms with E-state index in [2.05, 4.69) is 10.3 Å². The number of fused-ring (bicyclic) bond motifs is 1. The summed E-state index contributed by atoms with van der Waals surface area (Å²) in [6.45, 7) is 3.26. The van der Waals surface area contributed by atoms with Crippen molar-refractivity contribution >= 4 is 28.1 Å². The van der Waals surface area contributed by atoms with E-state index < -0.39 is 0 Å². The summed E-state index contributed by atoms with van der Waals surface area (Å²) in [5, 5.41) is 3.99. The maximum atomic E-state index is 13.5. The van der Waals surface area contributed by atoms with E-state index in [9.17, 15) is 9.18 Å². The molecule has 0 unspecified atom stereocenters. The fourth-order valence-corrected chi connectivity index (χ4v) is 3.32. The van der Waals surface area contributed by atoms with E-state index in [-0.39, 0.29) is 11.7 Å². The van der Waals surface area contributed by atoms with E-state index in [1.807, 2.05) is 6.92 Å². The Morgan fingerprint density at radius 1 is 1.43 bits per heavy atom. The maximum absolute atomic E-state index is 13.5. The highest BCUT2D eigenvalue weighted by Gasteiger charge is 2.25. The van der Waals surface area contributed by atoms with Crippen LogP contribution < -0.4 is 10.2 Å². The van der Waals surface area contributed by atoms with Crippen LogP contribution in [0.3, 0.4) is 0 Å². The van der Waals surface area contributed by atoms with Crippen LogP contribution in [0, 0.1) is 5.82 Å². The summed E-state index contributed by atoms with van der Waals surface area (Å²) in [6.07, 6.45) is 2.91. The maximum Gasteiger partial charge on any atom is 0.227 e. The number of thiazole rings is 1. The van der Waals surface area contributed by atoms with E-state index in [4.69, 9.17) is 0 Å². The smallest absolute Gasteiger partial charge is 0.227 e. The van der Waals surface area contributed by atoms with Gasteiger partial charge in [-0.25, -0.2) is 9.37 Å². The Morgan fingerprint density at radius 2 is 2.29 bits per heavy atom. The van der Waals surface area contributed by atoms with Crippen molar-refractivity contribution in [3.05, 3.63) is 40.7 Å². The van der Waals surface area contributed by atoms with E-state index in [1.54, 1.807) is 17.2 Å². The lowest BCUT2D eigenvalue weighted by molar-refractivity contribution is -0.119. The van der Waals surface area contributed by atoms with Crippen LogP contribution in [0.1, 0.15) is 23.8 Å². The van der Waals surface area contributed by atoms with Crippen molar-refractivity contribution in [1.82, 2.24) is 4.98 Å². The molecule has 4 nitrogen and oxygen atoms in total. The minimum atomic E-state index is -0.314. The lowest BCUT2D eigenvalue weighted by Crippen LogP contribution is -2.34. The van der Waals surface area contributed by atoms with Gasteiger partial charge in [0.1, 0.15) is 5.82 Å². The van der Waals surface area contributed by atoms with E-state index in [1.165, 1.54) is 23.5 Å². The second-order valence-electron chi connectivity index (χ2n) is 4.91. The van der Waals surface area contributed by atoms with Crippen LogP contribution in [0.25, 0.3) is 0 Å². The molecule has 1 aliphatic rings. The molecule has 3 rings (SSSR count). The molecule has 0 saturated carbocycles. The van der Waals surface area contributed by atoms with Crippen LogP contribution in [0.5, 0.6) is 0 Å². The normalized spacial score (nSPS) is 14.2. The first-order valence-electron chi connectivity index (χ1n) is 6.94. The number of carbonyl (C=O) groups excluding carboxylic acids is 1. The number of aryl methyl sites for hydroxylation is 1. The Balaban J connectivity index is 1.87. The van der Waals surface area contributed by atoms with Crippen LogP contribution in [0.2, 0.25) is 0 Å². The van der Waals surface area contributed by atoms with Crippen LogP contribution >= 0.6 is 11.3 Å². The first-order chi connectivity index (χ1) is 10.2. The van der Waals surface area contributed by atoms with Gasteiger partial charge in [0, 0.05) is 24.0 Å². The van der Waals surface area contributed by atoms with Gasteiger partial charge in [-0.15, -0.1) is 11.3 Å². The highest BCUT2D eigenvalue weighted by molar-refractivity contribution is 7.15. The third-order valence-corrected chi connectivity index (χ3v) is 4.38. The fourth-order valence-electron chi connectivity index (χ4n) is 2.45. The summed E-state index contributed by atoms with van der Waals surface area (Å²) in [7, 11) is 0. The molecule has 21 heavy (non-hydrogen) atoms. The Hall–Kier alpha value is -1.95. The molecule has 0 bridgehead atoms. The van der Waals surface area contributed by atoms with Gasteiger partial charge in [-0.05, 0) is 31.0 Å². The molecule has 0 fully saturated rings. The van der Waals surface area contributed by atoms with Gasteiger partial charge in [-0.3, -0.25) is 4.79 Å². The summed E-state index contributed by atoms with van der Waals surface area (Å²) in [5.41, 5.74) is 1.71. The lowest BCUT2D eigenvalue weighted by Gasteiger charge is -2.29. The molecular formula is C15H16FN3OS. The molecule has 110 valence electrons. The Bertz CT molecular complexity index is 671. The van der Waals surface area contributed by atoms with Crippen LogP contribution in [0.15, 0.2) is 24.4 Å². The zero-order chi connectivity index (χ0) is 14.8. The van der Waals surface area contributed by atoms with Gasteiger partial charge >= 0.3 is 0 Å². The van der Waals surface area contributed by atoms with Crippen molar-refractivity contribution in [2.24, 2.45) is 0 Å². The van der Waals surface area contributed by atoms with Gasteiger partial charge in [-0.2, -0.15) is 0 Å². The van der Waals surface area contributed by atoms with Crippen molar-refractivity contribution in [2.45, 2.75) is 26.3 Å². The fraction of sp³-hybridized carbons (Fsp3) is 0.333. The van der Waals surface area contributed by atoms with Gasteiger partial charge in [-0.1, -0.05) is 6.07 Å². The molecular weight excluding hydrogens is 289 g/mol. The van der Waals surface area contributed by atoms with Gasteiger partial charge in [0.25, 0.3) is 0 Å². The Morgan fingerprint density at radius 3 is 3.10 bits per heavy atom. The quantitative estimate of drug-likeness (QED) is 0.943. The number of hydrogen-bond acceptors (Lipinski definition) is 4. The van der Waals surface area contributed by atoms with Gasteiger partial charge < -0.3 is 10.2 Å². The minimum Gasteiger partial charge on any atom is -0.362 e. The van der Waals surface area contributed by atoms with Crippen molar-refractivity contribution < 1.29 is 9.18 Å². The topological polar surface area (TPSA) is 45.2 Å². The average Bonchev–Trinajstić information content (AvgIpc) is 2.90. The molecule has 1 aromatic heterocycles. The number of amides is 1. The number of hydrogen-bond donors (Lipinski definition) is 1. The number of anilines is 2. The lowest BCUT2D eigenvalue weighted by atomic mass is 10.0. The van der Waals surface area contributed by atoms with Crippen LogP contribution in [-0.4, -0.2) is 17.4 Å². The summed E-state index contributed by atoms with van der Waals surface area (Å²) < 4.78 is 13.5. The molecule has 0 radical (unpaired) electrons. The summed E-state index contributed by atoms with van der Waals surface area (Å²) in [5.74, 6) is -0.280. The third kappa shape index (κ3) is 2.90. The molecule has 1 amide bonds. The highest BCUT2D eigenvalue weighted by atomic mass is 32.1. The molecule has 0 spiro atoms. The van der Waals surface area contributed by atoms with Gasteiger partial charge in [0.05, 0.1) is 12.2 Å². The molecule has 1 aromatic carbocycles. The van der Waals surface area contributed by atoms with Crippen molar-refractivity contribution in [2.75, 3.05) is 16.8 Å². The standard InChI is InChI=1S/C15H16FN3OS/c1-2-17-15-18-8-12(21-15)9-19-13-7-11(16)5-3-10(13)4-6-14(19)20/h3,5,7-8H,2,4,6,9H2,1H3,(H,17,18). The first-order valence-corrected chi connectivity index (χ1v) is 7.76. The van der Waals surface area contributed by atoms with E-state index in [0.717, 1.165) is 22.1 Å². The summed E-state index contributed by atoms with van der Waals surface area (Å²) >= 11 is 1.52. The van der Waals surface area contributed by atoms with Crippen LogP contribution in [0.4, 0.5) is 15.2 Å². The van der Waals surface area contributed by atoms with Crippen molar-refractivity contribution in [3.8, 4) is 0 Å². The molecule has 2 aromatic rings. The van der Waals surface area contributed by atoms with Crippen molar-refractivity contribution in [3.63, 3.8) is 0 Å². The second-order valence-corrected chi connectivity index (χ2v) is 6.03. The van der Waals surface area contributed by atoms with Crippen LogP contribution in [-0.2, 0) is 17.8 Å². The monoisotopic (exact) mass is 305 g/mol. The predicted octanol–water partition coefficient (Wildman–Crippen LogP) is 3.19. The third-order valence-electron chi connectivity index (χ3n) is 3.44. The molecule has 1 aliphatic heterocycles. The number of benzene rings is 1. The Kier molecular flexibility index (Phi) is 3.88. The first kappa shape index (κ1) is 14.0. The zero-order valence-corrected chi connectivity index (χ0v) is 12.5.